The van der Waals surface area contributed by atoms with Crippen molar-refractivity contribution in [3.63, 3.8) is 0 Å². The van der Waals surface area contributed by atoms with E-state index in [0.29, 0.717) is 11.2 Å². The normalized spacial score (nSPS) is 24.4. The van der Waals surface area contributed by atoms with Crippen molar-refractivity contribution in [2.24, 2.45) is 0 Å². The van der Waals surface area contributed by atoms with E-state index in [1.807, 2.05) is 48.5 Å². The van der Waals surface area contributed by atoms with E-state index in [9.17, 15) is 4.79 Å². The molecule has 3 nitrogen and oxygen atoms in total. The molecule has 1 aliphatic heterocycles. The minimum atomic E-state index is -0.257. The first-order valence-electron chi connectivity index (χ1n) is 9.49. The summed E-state index contributed by atoms with van der Waals surface area (Å²) in [5, 5.41) is 3.58. The fraction of sp³-hybridized carbons (Fsp3) is 0.364. The van der Waals surface area contributed by atoms with Crippen LogP contribution in [0, 0.1) is 0 Å². The van der Waals surface area contributed by atoms with Gasteiger partial charge < -0.3 is 10.2 Å². The Morgan fingerprint density at radius 2 is 1.42 bits per heavy atom. The maximum absolute atomic E-state index is 13.0. The maximum atomic E-state index is 13.0. The SMILES string of the molecule is O=C1NC(=S)N(C2CCCCC2)[C@H](c2ccccc2)[C@@H]1c1ccccc1. The lowest BCUT2D eigenvalue weighted by atomic mass is 9.81. The molecule has 0 spiro atoms. The number of carbonyl (C=O) groups excluding carboxylic acids is 1. The highest BCUT2D eigenvalue weighted by Crippen LogP contribution is 2.42. The molecule has 2 fully saturated rings. The topological polar surface area (TPSA) is 32.3 Å². The molecule has 1 saturated heterocycles. The second kappa shape index (κ2) is 7.58. The second-order valence-corrected chi connectivity index (χ2v) is 7.62. The van der Waals surface area contributed by atoms with Crippen LogP contribution in [0.4, 0.5) is 0 Å². The van der Waals surface area contributed by atoms with Gasteiger partial charge in [0.1, 0.15) is 0 Å². The van der Waals surface area contributed by atoms with E-state index < -0.39 is 0 Å². The molecule has 1 aliphatic carbocycles. The van der Waals surface area contributed by atoms with Crippen LogP contribution in [0.3, 0.4) is 0 Å². The average Bonchev–Trinajstić information content (AvgIpc) is 2.69. The van der Waals surface area contributed by atoms with Gasteiger partial charge in [0.25, 0.3) is 0 Å². The van der Waals surface area contributed by atoms with Gasteiger partial charge in [-0.05, 0) is 36.2 Å². The van der Waals surface area contributed by atoms with Crippen LogP contribution in [-0.4, -0.2) is 22.0 Å². The van der Waals surface area contributed by atoms with Crippen LogP contribution in [0.1, 0.15) is 55.2 Å². The van der Waals surface area contributed by atoms with Gasteiger partial charge in [-0.15, -0.1) is 0 Å². The summed E-state index contributed by atoms with van der Waals surface area (Å²) in [5.41, 5.74) is 2.20. The van der Waals surface area contributed by atoms with Crippen LogP contribution in [0.5, 0.6) is 0 Å². The van der Waals surface area contributed by atoms with Gasteiger partial charge in [-0.2, -0.15) is 0 Å². The van der Waals surface area contributed by atoms with Crippen molar-refractivity contribution in [3.8, 4) is 0 Å². The van der Waals surface area contributed by atoms with Gasteiger partial charge in [0, 0.05) is 6.04 Å². The van der Waals surface area contributed by atoms with E-state index in [2.05, 4.69) is 22.3 Å². The standard InChI is InChI=1S/C22H24N2OS/c25-21-19(16-10-4-1-5-11-16)20(17-12-6-2-7-13-17)24(22(26)23-21)18-14-8-3-9-15-18/h1-2,4-7,10-13,18-20H,3,8-9,14-15H2,(H,23,25,26)/t19-,20+/m0/s1. The number of nitrogens with one attached hydrogen (secondary N) is 1. The Labute approximate surface area is 160 Å². The van der Waals surface area contributed by atoms with E-state index in [1.165, 1.54) is 19.3 Å². The third-order valence-corrected chi connectivity index (χ3v) is 5.94. The molecule has 2 aromatic rings. The molecule has 0 bridgehead atoms. The Kier molecular flexibility index (Phi) is 5.02. The van der Waals surface area contributed by atoms with Gasteiger partial charge in [0.15, 0.2) is 5.11 Å². The lowest BCUT2D eigenvalue weighted by Crippen LogP contribution is -2.58. The number of nitrogens with zero attached hydrogens (tertiary/aromatic N) is 1. The molecule has 1 saturated carbocycles. The van der Waals surface area contributed by atoms with Crippen molar-refractivity contribution >= 4 is 23.2 Å². The zero-order chi connectivity index (χ0) is 17.9. The van der Waals surface area contributed by atoms with E-state index in [0.717, 1.165) is 24.0 Å². The fourth-order valence-electron chi connectivity index (χ4n) is 4.43. The van der Waals surface area contributed by atoms with Crippen molar-refractivity contribution in [1.82, 2.24) is 10.2 Å². The summed E-state index contributed by atoms with van der Waals surface area (Å²) in [6, 6.07) is 20.8. The van der Waals surface area contributed by atoms with Gasteiger partial charge in [-0.1, -0.05) is 79.9 Å². The van der Waals surface area contributed by atoms with Crippen LogP contribution in [-0.2, 0) is 4.79 Å². The van der Waals surface area contributed by atoms with Gasteiger partial charge in [-0.3, -0.25) is 4.79 Å². The summed E-state index contributed by atoms with van der Waals surface area (Å²) in [7, 11) is 0. The lowest BCUT2D eigenvalue weighted by Gasteiger charge is -2.47. The van der Waals surface area contributed by atoms with Gasteiger partial charge in [0.05, 0.1) is 12.0 Å². The molecule has 1 heterocycles. The van der Waals surface area contributed by atoms with E-state index in [1.54, 1.807) is 0 Å². The Morgan fingerprint density at radius 1 is 0.846 bits per heavy atom. The Morgan fingerprint density at radius 3 is 2.04 bits per heavy atom. The minimum Gasteiger partial charge on any atom is -0.338 e. The Balaban J connectivity index is 1.81. The number of rotatable bonds is 3. The molecule has 2 aliphatic rings. The Hall–Kier alpha value is -2.20. The average molecular weight is 365 g/mol. The molecular formula is C22H24N2OS. The van der Waals surface area contributed by atoms with Crippen LogP contribution < -0.4 is 5.32 Å². The zero-order valence-corrected chi connectivity index (χ0v) is 15.6. The van der Waals surface area contributed by atoms with Crippen molar-refractivity contribution in [3.05, 3.63) is 71.8 Å². The second-order valence-electron chi connectivity index (χ2n) is 7.24. The number of hydrogen-bond acceptors (Lipinski definition) is 2. The molecular weight excluding hydrogens is 340 g/mol. The summed E-state index contributed by atoms with van der Waals surface area (Å²) >= 11 is 5.66. The summed E-state index contributed by atoms with van der Waals surface area (Å²) in [6.45, 7) is 0. The van der Waals surface area contributed by atoms with Crippen molar-refractivity contribution in [2.45, 2.75) is 50.1 Å². The first-order chi connectivity index (χ1) is 12.8. The highest BCUT2D eigenvalue weighted by molar-refractivity contribution is 7.80. The highest BCUT2D eigenvalue weighted by atomic mass is 32.1. The van der Waals surface area contributed by atoms with Crippen molar-refractivity contribution < 1.29 is 4.79 Å². The van der Waals surface area contributed by atoms with E-state index >= 15 is 0 Å². The fourth-order valence-corrected chi connectivity index (χ4v) is 4.79. The predicted octanol–water partition coefficient (Wildman–Crippen LogP) is 4.56. The third-order valence-electron chi connectivity index (χ3n) is 5.63. The summed E-state index contributed by atoms with van der Waals surface area (Å²) in [6.07, 6.45) is 6.04. The molecule has 0 radical (unpaired) electrons. The number of benzene rings is 2. The molecule has 2 aromatic carbocycles. The van der Waals surface area contributed by atoms with Crippen LogP contribution in [0.2, 0.25) is 0 Å². The first-order valence-corrected chi connectivity index (χ1v) is 9.89. The number of thiocarbonyl (C=S) groups is 1. The lowest BCUT2D eigenvalue weighted by molar-refractivity contribution is -0.124. The molecule has 1 N–H and O–H groups in total. The monoisotopic (exact) mass is 364 g/mol. The number of amides is 1. The Bertz CT molecular complexity index is 771. The number of carbonyl (C=O) groups is 1. The highest BCUT2D eigenvalue weighted by Gasteiger charge is 2.44. The minimum absolute atomic E-state index is 0.00196. The van der Waals surface area contributed by atoms with Crippen molar-refractivity contribution in [1.29, 1.82) is 0 Å². The number of hydrogen-bond donors (Lipinski definition) is 1. The van der Waals surface area contributed by atoms with Gasteiger partial charge >= 0.3 is 0 Å². The van der Waals surface area contributed by atoms with Crippen LogP contribution in [0.15, 0.2) is 60.7 Å². The smallest absolute Gasteiger partial charge is 0.236 e. The summed E-state index contributed by atoms with van der Waals surface area (Å²) < 4.78 is 0. The molecule has 1 amide bonds. The van der Waals surface area contributed by atoms with Crippen LogP contribution in [0.25, 0.3) is 0 Å². The van der Waals surface area contributed by atoms with E-state index in [-0.39, 0.29) is 17.9 Å². The largest absolute Gasteiger partial charge is 0.338 e. The summed E-state index contributed by atoms with van der Waals surface area (Å²) in [5.74, 6) is -0.255. The molecule has 0 aromatic heterocycles. The zero-order valence-electron chi connectivity index (χ0n) is 14.8. The maximum Gasteiger partial charge on any atom is 0.236 e. The predicted molar refractivity (Wildman–Crippen MR) is 108 cm³/mol. The van der Waals surface area contributed by atoms with Crippen LogP contribution >= 0.6 is 12.2 Å². The van der Waals surface area contributed by atoms with Gasteiger partial charge in [0.2, 0.25) is 5.91 Å². The van der Waals surface area contributed by atoms with Crippen molar-refractivity contribution in [2.75, 3.05) is 0 Å². The molecule has 26 heavy (non-hydrogen) atoms. The molecule has 4 heteroatoms. The summed E-state index contributed by atoms with van der Waals surface area (Å²) in [4.78, 5) is 15.3. The molecule has 4 rings (SSSR count). The van der Waals surface area contributed by atoms with Gasteiger partial charge in [-0.25, -0.2) is 0 Å². The molecule has 0 unspecified atom stereocenters. The molecule has 134 valence electrons. The quantitative estimate of drug-likeness (QED) is 0.810. The third kappa shape index (κ3) is 3.26. The first kappa shape index (κ1) is 17.2. The van der Waals surface area contributed by atoms with E-state index in [4.69, 9.17) is 12.2 Å². The molecule has 2 atom stereocenters.